The average molecular weight is 209 g/mol. The van der Waals surface area contributed by atoms with Crippen molar-refractivity contribution in [1.29, 1.82) is 0 Å². The average Bonchev–Trinajstić information content (AvgIpc) is 2.14. The molecule has 0 bridgehead atoms. The largest absolute Gasteiger partial charge is 0.623 e. The normalized spacial score (nSPS) is 12.9. The third-order valence-corrected chi connectivity index (χ3v) is 2.53. The summed E-state index contributed by atoms with van der Waals surface area (Å²) in [6.45, 7) is 5.67. The fourth-order valence-corrected chi connectivity index (χ4v) is 1.61. The number of nitrogens with zero attached hydrogens (tertiary/aromatic N) is 1. The molecule has 0 N–H and O–H groups in total. The van der Waals surface area contributed by atoms with Gasteiger partial charge in [-0.15, -0.1) is 0 Å². The van der Waals surface area contributed by atoms with E-state index < -0.39 is 0 Å². The van der Waals surface area contributed by atoms with Gasteiger partial charge in [0.1, 0.15) is 0 Å². The van der Waals surface area contributed by atoms with Crippen LogP contribution < -0.4 is 0 Å². The SMILES string of the molecule is CC(C)(C)/[N+]([O-])=C/Sc1ccccc1. The maximum absolute atomic E-state index is 11.5. The minimum atomic E-state index is -0.359. The lowest BCUT2D eigenvalue weighted by atomic mass is 10.1. The van der Waals surface area contributed by atoms with Gasteiger partial charge >= 0.3 is 0 Å². The quantitative estimate of drug-likeness (QED) is 0.187. The molecule has 1 aromatic carbocycles. The van der Waals surface area contributed by atoms with Gasteiger partial charge in [-0.2, -0.15) is 0 Å². The summed E-state index contributed by atoms with van der Waals surface area (Å²) in [6.07, 6.45) is 0. The van der Waals surface area contributed by atoms with E-state index in [0.29, 0.717) is 0 Å². The van der Waals surface area contributed by atoms with E-state index >= 15 is 0 Å². The Morgan fingerprint density at radius 2 is 1.79 bits per heavy atom. The number of benzene rings is 1. The lowest BCUT2D eigenvalue weighted by Crippen LogP contribution is -2.28. The Kier molecular flexibility index (Phi) is 3.58. The van der Waals surface area contributed by atoms with Crippen LogP contribution in [0.1, 0.15) is 20.8 Å². The minimum Gasteiger partial charge on any atom is -0.623 e. The number of rotatable bonds is 2. The molecule has 1 aromatic rings. The van der Waals surface area contributed by atoms with Crippen LogP contribution in [0.25, 0.3) is 0 Å². The monoisotopic (exact) mass is 209 g/mol. The zero-order valence-corrected chi connectivity index (χ0v) is 9.54. The molecule has 2 nitrogen and oxygen atoms in total. The molecule has 0 amide bonds. The van der Waals surface area contributed by atoms with Crippen LogP contribution in [0.15, 0.2) is 35.2 Å². The number of hydrogen-bond acceptors (Lipinski definition) is 2. The van der Waals surface area contributed by atoms with Gasteiger partial charge in [-0.3, -0.25) is 0 Å². The van der Waals surface area contributed by atoms with Crippen LogP contribution in [0.2, 0.25) is 0 Å². The Hall–Kier alpha value is -0.960. The molecule has 0 aliphatic heterocycles. The van der Waals surface area contributed by atoms with E-state index in [4.69, 9.17) is 0 Å². The summed E-state index contributed by atoms with van der Waals surface area (Å²) in [6, 6.07) is 9.85. The van der Waals surface area contributed by atoms with Crippen molar-refractivity contribution in [3.8, 4) is 0 Å². The molecule has 3 heteroatoms. The standard InChI is InChI=1S/C11H15NOS/c1-11(2,3)12(13)9-14-10-7-5-4-6-8-10/h4-9H,1-3H3/b12-9-. The van der Waals surface area contributed by atoms with Gasteiger partial charge in [-0.25, -0.2) is 4.74 Å². The highest BCUT2D eigenvalue weighted by atomic mass is 32.2. The summed E-state index contributed by atoms with van der Waals surface area (Å²) in [5.74, 6) is 0. The highest BCUT2D eigenvalue weighted by Crippen LogP contribution is 2.15. The van der Waals surface area contributed by atoms with Crippen LogP contribution in [0, 0.1) is 5.21 Å². The highest BCUT2D eigenvalue weighted by molar-refractivity contribution is 8.11. The molecule has 0 saturated heterocycles. The molecule has 0 unspecified atom stereocenters. The van der Waals surface area contributed by atoms with E-state index in [0.717, 1.165) is 9.63 Å². The number of hydroxylamine groups is 1. The summed E-state index contributed by atoms with van der Waals surface area (Å²) in [7, 11) is 0. The van der Waals surface area contributed by atoms with Gasteiger partial charge in [0.2, 0.25) is 5.55 Å². The van der Waals surface area contributed by atoms with Crippen molar-refractivity contribution in [2.24, 2.45) is 0 Å². The summed E-state index contributed by atoms with van der Waals surface area (Å²) in [4.78, 5) is 1.08. The molecule has 0 radical (unpaired) electrons. The summed E-state index contributed by atoms with van der Waals surface area (Å²) < 4.78 is 0.977. The summed E-state index contributed by atoms with van der Waals surface area (Å²) in [5, 5.41) is 11.5. The van der Waals surface area contributed by atoms with Crippen molar-refractivity contribution in [3.05, 3.63) is 35.5 Å². The first-order valence-corrected chi connectivity index (χ1v) is 5.39. The number of hydrogen-bond donors (Lipinski definition) is 0. The zero-order valence-electron chi connectivity index (χ0n) is 8.73. The third kappa shape index (κ3) is 3.42. The maximum Gasteiger partial charge on any atom is 0.214 e. The lowest BCUT2D eigenvalue weighted by molar-refractivity contribution is -0.528. The van der Waals surface area contributed by atoms with Gasteiger partial charge < -0.3 is 5.21 Å². The first-order valence-electron chi connectivity index (χ1n) is 4.51. The molecule has 0 aliphatic rings. The van der Waals surface area contributed by atoms with Crippen molar-refractivity contribution in [2.45, 2.75) is 31.2 Å². The smallest absolute Gasteiger partial charge is 0.214 e. The predicted molar refractivity (Wildman–Crippen MR) is 61.7 cm³/mol. The van der Waals surface area contributed by atoms with Gasteiger partial charge in [-0.05, 0) is 23.9 Å². The van der Waals surface area contributed by atoms with Gasteiger partial charge in [0.05, 0.1) is 0 Å². The Balaban J connectivity index is 2.65. The maximum atomic E-state index is 11.5. The second-order valence-corrected chi connectivity index (χ2v) is 4.95. The van der Waals surface area contributed by atoms with Crippen LogP contribution >= 0.6 is 11.8 Å². The van der Waals surface area contributed by atoms with E-state index in [1.807, 2.05) is 51.1 Å². The summed E-state index contributed by atoms with van der Waals surface area (Å²) >= 11 is 1.44. The highest BCUT2D eigenvalue weighted by Gasteiger charge is 2.17. The Labute approximate surface area is 89.2 Å². The Morgan fingerprint density at radius 3 is 2.29 bits per heavy atom. The molecule has 0 aliphatic carbocycles. The summed E-state index contributed by atoms with van der Waals surface area (Å²) in [5.41, 5.74) is 1.25. The van der Waals surface area contributed by atoms with Gasteiger partial charge in [-0.1, -0.05) is 18.2 Å². The van der Waals surface area contributed by atoms with Crippen molar-refractivity contribution in [2.75, 3.05) is 0 Å². The van der Waals surface area contributed by atoms with Crippen LogP contribution in [0.4, 0.5) is 0 Å². The predicted octanol–water partition coefficient (Wildman–Crippen LogP) is 3.12. The third-order valence-electron chi connectivity index (χ3n) is 1.69. The van der Waals surface area contributed by atoms with Gasteiger partial charge in [0.25, 0.3) is 0 Å². The van der Waals surface area contributed by atoms with Crippen LogP contribution in [-0.2, 0) is 0 Å². The van der Waals surface area contributed by atoms with Crippen LogP contribution in [0.3, 0.4) is 0 Å². The second-order valence-electron chi connectivity index (χ2n) is 4.03. The second kappa shape index (κ2) is 4.51. The Bertz CT molecular complexity index is 314. The fraction of sp³-hybridized carbons (Fsp3) is 0.364. The molecule has 0 atom stereocenters. The molecule has 0 fully saturated rings. The fourth-order valence-electron chi connectivity index (χ4n) is 0.766. The van der Waals surface area contributed by atoms with Crippen molar-refractivity contribution >= 4 is 17.3 Å². The van der Waals surface area contributed by atoms with E-state index in [9.17, 15) is 5.21 Å². The van der Waals surface area contributed by atoms with Gasteiger partial charge in [0, 0.05) is 25.7 Å². The Morgan fingerprint density at radius 1 is 1.21 bits per heavy atom. The van der Waals surface area contributed by atoms with E-state index in [2.05, 4.69) is 0 Å². The van der Waals surface area contributed by atoms with Crippen molar-refractivity contribution in [1.82, 2.24) is 0 Å². The van der Waals surface area contributed by atoms with E-state index in [1.165, 1.54) is 11.8 Å². The molecule has 0 saturated carbocycles. The van der Waals surface area contributed by atoms with Crippen LogP contribution in [-0.4, -0.2) is 15.8 Å². The molecule has 76 valence electrons. The minimum absolute atomic E-state index is 0.359. The first kappa shape index (κ1) is 11.1. The van der Waals surface area contributed by atoms with E-state index in [1.54, 1.807) is 5.55 Å². The molecule has 0 heterocycles. The molecule has 0 aromatic heterocycles. The lowest BCUT2D eigenvalue weighted by Gasteiger charge is -2.18. The van der Waals surface area contributed by atoms with Crippen LogP contribution in [0.5, 0.6) is 0 Å². The van der Waals surface area contributed by atoms with Crippen molar-refractivity contribution in [3.63, 3.8) is 0 Å². The molecular weight excluding hydrogens is 194 g/mol. The van der Waals surface area contributed by atoms with Gasteiger partial charge in [0.15, 0.2) is 5.54 Å². The molecule has 0 spiro atoms. The molecule has 14 heavy (non-hydrogen) atoms. The molecular formula is C11H15NOS. The van der Waals surface area contributed by atoms with Crippen molar-refractivity contribution < 1.29 is 4.74 Å². The zero-order chi connectivity index (χ0) is 10.6. The van der Waals surface area contributed by atoms with E-state index in [-0.39, 0.29) is 5.54 Å². The first-order chi connectivity index (χ1) is 6.50. The molecule has 1 rings (SSSR count). The topological polar surface area (TPSA) is 26.1 Å². The number of thioether (sulfide) groups is 1.